The van der Waals surface area contributed by atoms with Gasteiger partial charge in [0.15, 0.2) is 0 Å². The average molecular weight is 265 g/mol. The molecule has 1 rings (SSSR count). The molecule has 0 aromatic carbocycles. The second-order valence-corrected chi connectivity index (χ2v) is 6.26. The molecular formula is C16H31N3. The number of nitrogens with zero attached hydrogens (tertiary/aromatic N) is 2. The minimum Gasteiger partial charge on any atom is -0.301 e. The molecule has 2 atom stereocenters. The molecule has 1 aliphatic rings. The minimum atomic E-state index is -0.348. The summed E-state index contributed by atoms with van der Waals surface area (Å²) in [4.78, 5) is 2.55. The Morgan fingerprint density at radius 3 is 2.53 bits per heavy atom. The SMILES string of the molecule is CCCCN(CCC(C)(C#N)NC1CC1)C(C)CC. The summed E-state index contributed by atoms with van der Waals surface area (Å²) in [7, 11) is 0. The Morgan fingerprint density at radius 1 is 1.37 bits per heavy atom. The molecule has 1 aliphatic carbocycles. The molecule has 0 aromatic rings. The summed E-state index contributed by atoms with van der Waals surface area (Å²) < 4.78 is 0. The van der Waals surface area contributed by atoms with Crippen LogP contribution >= 0.6 is 0 Å². The van der Waals surface area contributed by atoms with Gasteiger partial charge in [-0.3, -0.25) is 5.32 Å². The van der Waals surface area contributed by atoms with Gasteiger partial charge in [0.2, 0.25) is 0 Å². The molecule has 1 N–H and O–H groups in total. The van der Waals surface area contributed by atoms with E-state index in [9.17, 15) is 5.26 Å². The third kappa shape index (κ3) is 5.93. The van der Waals surface area contributed by atoms with Crippen molar-refractivity contribution < 1.29 is 0 Å². The Hall–Kier alpha value is -0.590. The number of hydrogen-bond acceptors (Lipinski definition) is 3. The zero-order valence-electron chi connectivity index (χ0n) is 13.2. The third-order valence-electron chi connectivity index (χ3n) is 4.26. The Balaban J connectivity index is 2.45. The molecule has 0 radical (unpaired) electrons. The number of rotatable bonds is 10. The molecule has 1 saturated carbocycles. The first-order valence-corrected chi connectivity index (χ1v) is 7.97. The van der Waals surface area contributed by atoms with Gasteiger partial charge in [-0.25, -0.2) is 0 Å². The molecule has 0 aromatic heterocycles. The van der Waals surface area contributed by atoms with E-state index in [1.54, 1.807) is 0 Å². The van der Waals surface area contributed by atoms with Crippen molar-refractivity contribution >= 4 is 0 Å². The fraction of sp³-hybridized carbons (Fsp3) is 0.938. The van der Waals surface area contributed by atoms with Crippen molar-refractivity contribution in [3.8, 4) is 6.07 Å². The van der Waals surface area contributed by atoms with E-state index in [-0.39, 0.29) is 5.54 Å². The summed E-state index contributed by atoms with van der Waals surface area (Å²) in [5.74, 6) is 0. The molecule has 0 saturated heterocycles. The minimum absolute atomic E-state index is 0.348. The number of nitriles is 1. The highest BCUT2D eigenvalue weighted by molar-refractivity contribution is 5.07. The Bertz CT molecular complexity index is 293. The van der Waals surface area contributed by atoms with Crippen LogP contribution in [-0.4, -0.2) is 35.6 Å². The van der Waals surface area contributed by atoms with E-state index in [1.807, 2.05) is 0 Å². The first-order valence-electron chi connectivity index (χ1n) is 7.97. The monoisotopic (exact) mass is 265 g/mol. The first-order chi connectivity index (χ1) is 9.04. The van der Waals surface area contributed by atoms with Crippen LogP contribution in [-0.2, 0) is 0 Å². The molecule has 110 valence electrons. The van der Waals surface area contributed by atoms with E-state index in [0.717, 1.165) is 19.5 Å². The Kier molecular flexibility index (Phi) is 6.82. The number of unbranched alkanes of at least 4 members (excludes halogenated alkanes) is 1. The van der Waals surface area contributed by atoms with E-state index in [1.165, 1.54) is 32.1 Å². The van der Waals surface area contributed by atoms with Crippen LogP contribution in [0.25, 0.3) is 0 Å². The highest BCUT2D eigenvalue weighted by atomic mass is 15.2. The molecule has 1 fully saturated rings. The van der Waals surface area contributed by atoms with Gasteiger partial charge in [-0.2, -0.15) is 5.26 Å². The fourth-order valence-electron chi connectivity index (χ4n) is 2.38. The van der Waals surface area contributed by atoms with Gasteiger partial charge in [0.05, 0.1) is 6.07 Å². The van der Waals surface area contributed by atoms with Gasteiger partial charge in [0, 0.05) is 18.6 Å². The van der Waals surface area contributed by atoms with Gasteiger partial charge in [-0.05, 0) is 52.5 Å². The lowest BCUT2D eigenvalue weighted by atomic mass is 9.98. The highest BCUT2D eigenvalue weighted by Gasteiger charge is 2.32. The highest BCUT2D eigenvalue weighted by Crippen LogP contribution is 2.24. The van der Waals surface area contributed by atoms with Gasteiger partial charge >= 0.3 is 0 Å². The molecule has 0 bridgehead atoms. The van der Waals surface area contributed by atoms with Gasteiger partial charge in [0.25, 0.3) is 0 Å². The quantitative estimate of drug-likeness (QED) is 0.658. The van der Waals surface area contributed by atoms with Crippen LogP contribution in [0.2, 0.25) is 0 Å². The fourth-order valence-corrected chi connectivity index (χ4v) is 2.38. The van der Waals surface area contributed by atoms with Crippen LogP contribution in [0.3, 0.4) is 0 Å². The number of hydrogen-bond donors (Lipinski definition) is 1. The van der Waals surface area contributed by atoms with Crippen molar-refractivity contribution in [1.29, 1.82) is 5.26 Å². The van der Waals surface area contributed by atoms with Crippen LogP contribution in [0.4, 0.5) is 0 Å². The van der Waals surface area contributed by atoms with Crippen molar-refractivity contribution in [2.75, 3.05) is 13.1 Å². The second kappa shape index (κ2) is 7.87. The summed E-state index contributed by atoms with van der Waals surface area (Å²) in [5, 5.41) is 12.9. The molecule has 2 unspecified atom stereocenters. The molecule has 0 spiro atoms. The van der Waals surface area contributed by atoms with Crippen LogP contribution < -0.4 is 5.32 Å². The van der Waals surface area contributed by atoms with Crippen molar-refractivity contribution in [1.82, 2.24) is 10.2 Å². The molecule has 3 nitrogen and oxygen atoms in total. The lowest BCUT2D eigenvalue weighted by Gasteiger charge is -2.32. The first kappa shape index (κ1) is 16.5. The van der Waals surface area contributed by atoms with Crippen LogP contribution in [0.15, 0.2) is 0 Å². The lowest BCUT2D eigenvalue weighted by molar-refractivity contribution is 0.183. The predicted molar refractivity (Wildman–Crippen MR) is 81.0 cm³/mol. The van der Waals surface area contributed by atoms with Gasteiger partial charge in [0.1, 0.15) is 5.54 Å². The summed E-state index contributed by atoms with van der Waals surface area (Å²) >= 11 is 0. The summed E-state index contributed by atoms with van der Waals surface area (Å²) in [6, 6.07) is 3.70. The second-order valence-electron chi connectivity index (χ2n) is 6.26. The van der Waals surface area contributed by atoms with E-state index in [2.05, 4.69) is 44.0 Å². The molecule has 0 aliphatic heterocycles. The molecule has 0 heterocycles. The normalized spacial score (nSPS) is 20.0. The van der Waals surface area contributed by atoms with Crippen molar-refractivity contribution in [3.05, 3.63) is 0 Å². The maximum atomic E-state index is 9.42. The molecule has 19 heavy (non-hydrogen) atoms. The molecule has 0 amide bonds. The van der Waals surface area contributed by atoms with Gasteiger partial charge in [-0.1, -0.05) is 20.3 Å². The summed E-state index contributed by atoms with van der Waals surface area (Å²) in [6.45, 7) is 11.0. The third-order valence-corrected chi connectivity index (χ3v) is 4.26. The van der Waals surface area contributed by atoms with Crippen molar-refractivity contribution in [2.24, 2.45) is 0 Å². The maximum Gasteiger partial charge on any atom is 0.105 e. The van der Waals surface area contributed by atoms with E-state index < -0.39 is 0 Å². The average Bonchev–Trinajstić information content (AvgIpc) is 3.21. The number of nitrogens with one attached hydrogen (secondary N) is 1. The zero-order chi connectivity index (χ0) is 14.3. The smallest absolute Gasteiger partial charge is 0.105 e. The standard InChI is InChI=1S/C16H31N3/c1-5-7-11-19(14(3)6-2)12-10-16(4,13-17)18-15-8-9-15/h14-15,18H,5-12H2,1-4H3. The van der Waals surface area contributed by atoms with E-state index >= 15 is 0 Å². The van der Waals surface area contributed by atoms with Crippen molar-refractivity contribution in [3.63, 3.8) is 0 Å². The lowest BCUT2D eigenvalue weighted by Crippen LogP contribution is -2.46. The molecular weight excluding hydrogens is 234 g/mol. The van der Waals surface area contributed by atoms with Crippen LogP contribution in [0.1, 0.15) is 66.2 Å². The summed E-state index contributed by atoms with van der Waals surface area (Å²) in [6.07, 6.45) is 7.08. The predicted octanol–water partition coefficient (Wildman–Crippen LogP) is 3.31. The largest absolute Gasteiger partial charge is 0.301 e. The van der Waals surface area contributed by atoms with E-state index in [4.69, 9.17) is 0 Å². The van der Waals surface area contributed by atoms with Crippen LogP contribution in [0.5, 0.6) is 0 Å². The van der Waals surface area contributed by atoms with Crippen molar-refractivity contribution in [2.45, 2.75) is 83.8 Å². The summed E-state index contributed by atoms with van der Waals surface area (Å²) in [5.41, 5.74) is -0.348. The topological polar surface area (TPSA) is 39.1 Å². The van der Waals surface area contributed by atoms with Gasteiger partial charge in [-0.15, -0.1) is 0 Å². The molecule has 3 heteroatoms. The van der Waals surface area contributed by atoms with Crippen LogP contribution in [0, 0.1) is 11.3 Å². The Morgan fingerprint density at radius 2 is 2.05 bits per heavy atom. The van der Waals surface area contributed by atoms with E-state index in [0.29, 0.717) is 12.1 Å². The zero-order valence-corrected chi connectivity index (χ0v) is 13.2. The maximum absolute atomic E-state index is 9.42. The Labute approximate surface area is 119 Å². The van der Waals surface area contributed by atoms with Gasteiger partial charge < -0.3 is 4.90 Å².